The Bertz CT molecular complexity index is 856. The van der Waals surface area contributed by atoms with Crippen LogP contribution in [-0.4, -0.2) is 28.7 Å². The van der Waals surface area contributed by atoms with E-state index in [4.69, 9.17) is 4.74 Å². The summed E-state index contributed by atoms with van der Waals surface area (Å²) in [4.78, 5) is 11.9. The summed E-state index contributed by atoms with van der Waals surface area (Å²) in [5.41, 5.74) is 2.17. The fourth-order valence-electron chi connectivity index (χ4n) is 2.86. The Labute approximate surface area is 146 Å². The van der Waals surface area contributed by atoms with Crippen molar-refractivity contribution >= 4 is 16.8 Å². The number of fused-ring (bicyclic) bond motifs is 1. The molecule has 25 heavy (non-hydrogen) atoms. The van der Waals surface area contributed by atoms with Crippen LogP contribution < -0.4 is 10.1 Å². The molecule has 0 aliphatic carbocycles. The Morgan fingerprint density at radius 2 is 2.00 bits per heavy atom. The number of aromatic hydroxyl groups is 1. The van der Waals surface area contributed by atoms with Crippen LogP contribution in [0.2, 0.25) is 0 Å². The predicted molar refractivity (Wildman–Crippen MR) is 97.9 cm³/mol. The minimum atomic E-state index is -0.0287. The number of ether oxygens (including phenoxy) is 1. The molecule has 2 N–H and O–H groups in total. The first kappa shape index (κ1) is 16.9. The fourth-order valence-corrected chi connectivity index (χ4v) is 2.86. The molecule has 0 fully saturated rings. The van der Waals surface area contributed by atoms with Gasteiger partial charge in [0.05, 0.1) is 13.0 Å². The van der Waals surface area contributed by atoms with Crippen LogP contribution >= 0.6 is 0 Å². The van der Waals surface area contributed by atoms with E-state index < -0.39 is 0 Å². The SMILES string of the molecule is Cn1cc(CCNC(=O)CCOc2ccccc2)c2cc(O)ccc21. The Morgan fingerprint density at radius 3 is 2.80 bits per heavy atom. The zero-order valence-corrected chi connectivity index (χ0v) is 14.2. The Morgan fingerprint density at radius 1 is 1.20 bits per heavy atom. The molecule has 0 aliphatic heterocycles. The van der Waals surface area contributed by atoms with E-state index in [1.165, 1.54) is 0 Å². The number of nitrogens with one attached hydrogen (secondary N) is 1. The molecule has 130 valence electrons. The summed E-state index contributed by atoms with van der Waals surface area (Å²) in [6.45, 7) is 0.914. The van der Waals surface area contributed by atoms with Crippen LogP contribution in [-0.2, 0) is 18.3 Å². The maximum Gasteiger partial charge on any atom is 0.223 e. The van der Waals surface area contributed by atoms with Crippen molar-refractivity contribution in [2.75, 3.05) is 13.2 Å². The fraction of sp³-hybridized carbons (Fsp3) is 0.250. The van der Waals surface area contributed by atoms with Crippen molar-refractivity contribution in [1.82, 2.24) is 9.88 Å². The average Bonchev–Trinajstić information content (AvgIpc) is 2.91. The zero-order valence-electron chi connectivity index (χ0n) is 14.2. The number of amides is 1. The molecule has 0 saturated heterocycles. The molecule has 0 bridgehead atoms. The van der Waals surface area contributed by atoms with E-state index >= 15 is 0 Å². The number of nitrogens with zero attached hydrogens (tertiary/aromatic N) is 1. The lowest BCUT2D eigenvalue weighted by Gasteiger charge is -2.07. The number of hydrogen-bond donors (Lipinski definition) is 2. The molecule has 5 nitrogen and oxygen atoms in total. The molecular formula is C20H22N2O3. The van der Waals surface area contributed by atoms with E-state index in [1.807, 2.05) is 54.2 Å². The van der Waals surface area contributed by atoms with Gasteiger partial charge in [-0.25, -0.2) is 0 Å². The van der Waals surface area contributed by atoms with Gasteiger partial charge in [-0.1, -0.05) is 18.2 Å². The van der Waals surface area contributed by atoms with Gasteiger partial charge < -0.3 is 19.7 Å². The number of carbonyl (C=O) groups excluding carboxylic acids is 1. The van der Waals surface area contributed by atoms with E-state index in [-0.39, 0.29) is 11.7 Å². The average molecular weight is 338 g/mol. The first-order chi connectivity index (χ1) is 12.1. The van der Waals surface area contributed by atoms with E-state index in [0.29, 0.717) is 26.0 Å². The highest BCUT2D eigenvalue weighted by atomic mass is 16.5. The van der Waals surface area contributed by atoms with Crippen molar-refractivity contribution in [2.24, 2.45) is 7.05 Å². The normalized spacial score (nSPS) is 10.8. The molecule has 1 heterocycles. The number of phenols is 1. The summed E-state index contributed by atoms with van der Waals surface area (Å²) < 4.78 is 7.55. The van der Waals surface area contributed by atoms with Gasteiger partial charge in [0.25, 0.3) is 0 Å². The Kier molecular flexibility index (Phi) is 5.23. The topological polar surface area (TPSA) is 63.5 Å². The summed E-state index contributed by atoms with van der Waals surface area (Å²) in [7, 11) is 1.97. The number of para-hydroxylation sites is 1. The number of carbonyl (C=O) groups is 1. The number of aryl methyl sites for hydroxylation is 1. The van der Waals surface area contributed by atoms with Gasteiger partial charge in [0.15, 0.2) is 0 Å². The molecule has 5 heteroatoms. The van der Waals surface area contributed by atoms with Gasteiger partial charge in [0.1, 0.15) is 11.5 Å². The third-order valence-electron chi connectivity index (χ3n) is 4.11. The molecule has 0 saturated carbocycles. The second-order valence-electron chi connectivity index (χ2n) is 5.98. The van der Waals surface area contributed by atoms with E-state index in [9.17, 15) is 9.90 Å². The van der Waals surface area contributed by atoms with Gasteiger partial charge in [0.2, 0.25) is 5.91 Å². The Balaban J connectivity index is 1.46. The minimum Gasteiger partial charge on any atom is -0.508 e. The minimum absolute atomic E-state index is 0.0287. The predicted octanol–water partition coefficient (Wildman–Crippen LogP) is 3.01. The zero-order chi connectivity index (χ0) is 17.6. The van der Waals surface area contributed by atoms with Crippen LogP contribution in [0, 0.1) is 0 Å². The molecule has 0 radical (unpaired) electrons. The molecule has 3 aromatic rings. The number of phenolic OH excluding ortho intramolecular Hbond substituents is 1. The van der Waals surface area contributed by atoms with Crippen LogP contribution in [0.5, 0.6) is 11.5 Å². The second kappa shape index (κ2) is 7.75. The molecule has 1 amide bonds. The van der Waals surface area contributed by atoms with Crippen molar-refractivity contribution < 1.29 is 14.6 Å². The van der Waals surface area contributed by atoms with Crippen LogP contribution in [0.25, 0.3) is 10.9 Å². The van der Waals surface area contributed by atoms with Gasteiger partial charge >= 0.3 is 0 Å². The quantitative estimate of drug-likeness (QED) is 0.696. The number of hydrogen-bond acceptors (Lipinski definition) is 3. The molecule has 0 atom stereocenters. The van der Waals surface area contributed by atoms with Crippen molar-refractivity contribution in [3.05, 3.63) is 60.3 Å². The van der Waals surface area contributed by atoms with Crippen LogP contribution in [0.15, 0.2) is 54.7 Å². The third kappa shape index (κ3) is 4.32. The maximum absolute atomic E-state index is 11.9. The highest BCUT2D eigenvalue weighted by Crippen LogP contribution is 2.25. The first-order valence-corrected chi connectivity index (χ1v) is 8.35. The molecule has 2 aromatic carbocycles. The lowest BCUT2D eigenvalue weighted by molar-refractivity contribution is -0.121. The largest absolute Gasteiger partial charge is 0.508 e. The molecular weight excluding hydrogens is 316 g/mol. The number of aromatic nitrogens is 1. The monoisotopic (exact) mass is 338 g/mol. The Hall–Kier alpha value is -2.95. The second-order valence-corrected chi connectivity index (χ2v) is 5.98. The van der Waals surface area contributed by atoms with Crippen LogP contribution in [0.3, 0.4) is 0 Å². The van der Waals surface area contributed by atoms with Gasteiger partial charge in [-0.05, 0) is 42.3 Å². The van der Waals surface area contributed by atoms with Crippen molar-refractivity contribution in [3.8, 4) is 11.5 Å². The molecule has 1 aromatic heterocycles. The summed E-state index contributed by atoms with van der Waals surface area (Å²) in [5, 5.41) is 13.6. The van der Waals surface area contributed by atoms with E-state index in [2.05, 4.69) is 5.32 Å². The van der Waals surface area contributed by atoms with Gasteiger partial charge in [-0.3, -0.25) is 4.79 Å². The first-order valence-electron chi connectivity index (χ1n) is 8.35. The summed E-state index contributed by atoms with van der Waals surface area (Å²) >= 11 is 0. The van der Waals surface area contributed by atoms with Crippen LogP contribution in [0.4, 0.5) is 0 Å². The third-order valence-corrected chi connectivity index (χ3v) is 4.11. The van der Waals surface area contributed by atoms with E-state index in [0.717, 1.165) is 22.2 Å². The highest BCUT2D eigenvalue weighted by Gasteiger charge is 2.08. The van der Waals surface area contributed by atoms with Gasteiger partial charge in [-0.15, -0.1) is 0 Å². The molecule has 0 aliphatic rings. The summed E-state index contributed by atoms with van der Waals surface area (Å²) in [6, 6.07) is 14.8. The van der Waals surface area contributed by atoms with Crippen molar-refractivity contribution in [2.45, 2.75) is 12.8 Å². The van der Waals surface area contributed by atoms with Gasteiger partial charge in [0, 0.05) is 30.7 Å². The standard InChI is InChI=1S/C20H22N2O3/c1-22-14-15(18-13-16(23)7-8-19(18)22)9-11-21-20(24)10-12-25-17-5-3-2-4-6-17/h2-8,13-14,23H,9-12H2,1H3,(H,21,24). The van der Waals surface area contributed by atoms with E-state index in [1.54, 1.807) is 12.1 Å². The molecule has 3 rings (SSSR count). The molecule has 0 unspecified atom stereocenters. The summed E-state index contributed by atoms with van der Waals surface area (Å²) in [5.74, 6) is 0.993. The van der Waals surface area contributed by atoms with Gasteiger partial charge in [-0.2, -0.15) is 0 Å². The lowest BCUT2D eigenvalue weighted by atomic mass is 10.1. The highest BCUT2D eigenvalue weighted by molar-refractivity contribution is 5.85. The maximum atomic E-state index is 11.9. The summed E-state index contributed by atoms with van der Waals surface area (Å²) in [6.07, 6.45) is 3.08. The lowest BCUT2D eigenvalue weighted by Crippen LogP contribution is -2.27. The van der Waals surface area contributed by atoms with Crippen molar-refractivity contribution in [3.63, 3.8) is 0 Å². The number of benzene rings is 2. The van der Waals surface area contributed by atoms with Crippen molar-refractivity contribution in [1.29, 1.82) is 0 Å². The van der Waals surface area contributed by atoms with Crippen LogP contribution in [0.1, 0.15) is 12.0 Å². The molecule has 0 spiro atoms. The number of rotatable bonds is 7. The smallest absolute Gasteiger partial charge is 0.223 e.